The first-order valence-electron chi connectivity index (χ1n) is 2.46. The second-order valence-corrected chi connectivity index (χ2v) is 2.92. The van der Waals surface area contributed by atoms with Crippen LogP contribution in [0.15, 0.2) is 0 Å². The third kappa shape index (κ3) is 1.74. The molecule has 3 heteroatoms. The van der Waals surface area contributed by atoms with Gasteiger partial charge in [0.1, 0.15) is 4.75 Å². The van der Waals surface area contributed by atoms with Gasteiger partial charge in [0.15, 0.2) is 0 Å². The molecule has 0 heterocycles. The van der Waals surface area contributed by atoms with Gasteiger partial charge in [0.25, 0.3) is 0 Å². The lowest BCUT2D eigenvalue weighted by Gasteiger charge is -2.13. The lowest BCUT2D eigenvalue weighted by atomic mass is 10.1. The first kappa shape index (κ1) is 7.82. The molecule has 0 aromatic carbocycles. The molecule has 0 aliphatic rings. The van der Waals surface area contributed by atoms with Crippen molar-refractivity contribution >= 4 is 18.6 Å². The summed E-state index contributed by atoms with van der Waals surface area (Å²) >= 11 is 3.88. The molecule has 0 saturated heterocycles. The minimum Gasteiger partial charge on any atom is -0.480 e. The molecule has 48 valence electrons. The smallest absolute Gasteiger partial charge is 0.319 e. The number of aliphatic carboxylic acids is 1. The topological polar surface area (TPSA) is 37.3 Å². The highest BCUT2D eigenvalue weighted by molar-refractivity contribution is 7.82. The molecule has 0 bridgehead atoms. The Morgan fingerprint density at radius 1 is 1.88 bits per heavy atom. The van der Waals surface area contributed by atoms with Crippen LogP contribution in [0.5, 0.6) is 0 Å². The van der Waals surface area contributed by atoms with E-state index in [0.717, 1.165) is 0 Å². The number of carbonyl (C=O) groups is 1. The van der Waals surface area contributed by atoms with Crippen molar-refractivity contribution in [1.82, 2.24) is 0 Å². The van der Waals surface area contributed by atoms with Crippen LogP contribution in [0.1, 0.15) is 20.3 Å². The third-order valence-electron chi connectivity index (χ3n) is 1.15. The van der Waals surface area contributed by atoms with Crippen LogP contribution < -0.4 is 0 Å². The molecule has 2 nitrogen and oxygen atoms in total. The van der Waals surface area contributed by atoms with Crippen molar-refractivity contribution in [1.29, 1.82) is 0 Å². The molecule has 8 heavy (non-hydrogen) atoms. The Balaban J connectivity index is 3.91. The van der Waals surface area contributed by atoms with Crippen molar-refractivity contribution in [2.45, 2.75) is 25.0 Å². The average Bonchev–Trinajstić information content (AvgIpc) is 1.67. The van der Waals surface area contributed by atoms with E-state index in [1.807, 2.05) is 0 Å². The summed E-state index contributed by atoms with van der Waals surface area (Å²) in [4.78, 5) is 10.2. The summed E-state index contributed by atoms with van der Waals surface area (Å²) in [7, 11) is 0. The van der Waals surface area contributed by atoms with E-state index in [0.29, 0.717) is 6.42 Å². The van der Waals surface area contributed by atoms with Crippen LogP contribution in [0.3, 0.4) is 0 Å². The van der Waals surface area contributed by atoms with Crippen molar-refractivity contribution in [3.05, 3.63) is 0 Å². The Bertz CT molecular complexity index is 98.6. The largest absolute Gasteiger partial charge is 0.480 e. The van der Waals surface area contributed by atoms with Crippen molar-refractivity contribution in [3.8, 4) is 0 Å². The summed E-state index contributed by atoms with van der Waals surface area (Å²) in [6.45, 7) is 3.37. The molecule has 0 spiro atoms. The highest BCUT2D eigenvalue weighted by Crippen LogP contribution is 2.16. The van der Waals surface area contributed by atoms with Crippen molar-refractivity contribution < 1.29 is 9.90 Å². The standard InChI is InChI=1S/C5H10O2S/c1-3-5(2,8)4(6)7/h8H,3H2,1-2H3,(H,6,7). The van der Waals surface area contributed by atoms with E-state index < -0.39 is 10.7 Å². The van der Waals surface area contributed by atoms with E-state index in [2.05, 4.69) is 12.6 Å². The molecule has 0 aromatic rings. The maximum Gasteiger partial charge on any atom is 0.319 e. The fourth-order valence-corrected chi connectivity index (χ4v) is 0.151. The Morgan fingerprint density at radius 3 is 2.25 bits per heavy atom. The highest BCUT2D eigenvalue weighted by Gasteiger charge is 2.25. The summed E-state index contributed by atoms with van der Waals surface area (Å²) in [5, 5.41) is 8.36. The molecule has 0 fully saturated rings. The van der Waals surface area contributed by atoms with Gasteiger partial charge < -0.3 is 5.11 Å². The predicted molar refractivity (Wildman–Crippen MR) is 35.3 cm³/mol. The van der Waals surface area contributed by atoms with Gasteiger partial charge in [-0.3, -0.25) is 4.79 Å². The Labute approximate surface area is 54.3 Å². The van der Waals surface area contributed by atoms with Gasteiger partial charge in [0.05, 0.1) is 0 Å². The van der Waals surface area contributed by atoms with Gasteiger partial charge in [-0.25, -0.2) is 0 Å². The zero-order chi connectivity index (χ0) is 6.78. The Morgan fingerprint density at radius 2 is 2.25 bits per heavy atom. The normalized spacial score (nSPS) is 17.4. The Hall–Kier alpha value is -0.180. The van der Waals surface area contributed by atoms with Crippen LogP contribution in [0.2, 0.25) is 0 Å². The number of rotatable bonds is 2. The summed E-state index contributed by atoms with van der Waals surface area (Å²) in [6.07, 6.45) is 0.547. The van der Waals surface area contributed by atoms with E-state index in [1.54, 1.807) is 13.8 Å². The summed E-state index contributed by atoms with van der Waals surface area (Å²) in [5.74, 6) is -0.858. The van der Waals surface area contributed by atoms with Gasteiger partial charge in [0, 0.05) is 0 Å². The van der Waals surface area contributed by atoms with E-state index in [9.17, 15) is 4.79 Å². The molecule has 0 rings (SSSR count). The average molecular weight is 134 g/mol. The fourth-order valence-electron chi connectivity index (χ4n) is 0.151. The second-order valence-electron chi connectivity index (χ2n) is 1.93. The molecular formula is C5H10O2S. The van der Waals surface area contributed by atoms with Gasteiger partial charge in [-0.1, -0.05) is 6.92 Å². The van der Waals surface area contributed by atoms with Crippen LogP contribution in [0.4, 0.5) is 0 Å². The first-order chi connectivity index (χ1) is 3.50. The molecule has 1 atom stereocenters. The van der Waals surface area contributed by atoms with Gasteiger partial charge in [-0.2, -0.15) is 12.6 Å². The maximum atomic E-state index is 10.2. The first-order valence-corrected chi connectivity index (χ1v) is 2.91. The zero-order valence-corrected chi connectivity index (χ0v) is 5.90. The molecule has 0 aromatic heterocycles. The highest BCUT2D eigenvalue weighted by atomic mass is 32.1. The molecule has 0 aliphatic carbocycles. The summed E-state index contributed by atoms with van der Waals surface area (Å²) < 4.78 is -0.847. The minimum absolute atomic E-state index is 0.547. The molecule has 0 radical (unpaired) electrons. The monoisotopic (exact) mass is 134 g/mol. The summed E-state index contributed by atoms with van der Waals surface area (Å²) in [5.41, 5.74) is 0. The van der Waals surface area contributed by atoms with E-state index in [4.69, 9.17) is 5.11 Å². The quantitative estimate of drug-likeness (QED) is 0.556. The summed E-state index contributed by atoms with van der Waals surface area (Å²) in [6, 6.07) is 0. The lowest BCUT2D eigenvalue weighted by molar-refractivity contribution is -0.139. The molecule has 1 N–H and O–H groups in total. The number of thiol groups is 1. The second kappa shape index (κ2) is 2.40. The number of hydrogen-bond donors (Lipinski definition) is 2. The van der Waals surface area contributed by atoms with Crippen molar-refractivity contribution in [3.63, 3.8) is 0 Å². The van der Waals surface area contributed by atoms with E-state index in [1.165, 1.54) is 0 Å². The fraction of sp³-hybridized carbons (Fsp3) is 0.800. The van der Waals surface area contributed by atoms with Crippen LogP contribution in [-0.2, 0) is 4.79 Å². The van der Waals surface area contributed by atoms with Gasteiger partial charge in [-0.15, -0.1) is 0 Å². The van der Waals surface area contributed by atoms with Crippen LogP contribution >= 0.6 is 12.6 Å². The van der Waals surface area contributed by atoms with Gasteiger partial charge in [0.2, 0.25) is 0 Å². The molecule has 0 amide bonds. The van der Waals surface area contributed by atoms with Crippen molar-refractivity contribution in [2.75, 3.05) is 0 Å². The molecule has 0 saturated carbocycles. The molecular weight excluding hydrogens is 124 g/mol. The predicted octanol–water partition coefficient (Wildman–Crippen LogP) is 1.17. The van der Waals surface area contributed by atoms with Crippen molar-refractivity contribution in [2.24, 2.45) is 0 Å². The van der Waals surface area contributed by atoms with E-state index in [-0.39, 0.29) is 0 Å². The third-order valence-corrected chi connectivity index (χ3v) is 1.66. The number of carboxylic acids is 1. The zero-order valence-electron chi connectivity index (χ0n) is 5.01. The Kier molecular flexibility index (Phi) is 2.34. The lowest BCUT2D eigenvalue weighted by Crippen LogP contribution is -2.27. The maximum absolute atomic E-state index is 10.2. The molecule has 1 unspecified atom stereocenters. The van der Waals surface area contributed by atoms with Gasteiger partial charge in [-0.05, 0) is 13.3 Å². The van der Waals surface area contributed by atoms with Gasteiger partial charge >= 0.3 is 5.97 Å². The SMILES string of the molecule is CCC(C)(S)C(=O)O. The van der Waals surface area contributed by atoms with Crippen LogP contribution in [0.25, 0.3) is 0 Å². The van der Waals surface area contributed by atoms with Crippen LogP contribution in [-0.4, -0.2) is 15.8 Å². The number of carboxylic acid groups (broad SMARTS) is 1. The minimum atomic E-state index is -0.858. The van der Waals surface area contributed by atoms with Crippen LogP contribution in [0, 0.1) is 0 Å². The number of hydrogen-bond acceptors (Lipinski definition) is 2. The van der Waals surface area contributed by atoms with E-state index >= 15 is 0 Å². The molecule has 0 aliphatic heterocycles.